The molecule has 1 heterocycles. The number of alkyl halides is 1. The maximum atomic E-state index is 12.5. The van der Waals surface area contributed by atoms with E-state index in [0.717, 1.165) is 17.7 Å². The van der Waals surface area contributed by atoms with Gasteiger partial charge < -0.3 is 4.90 Å². The molecule has 0 saturated heterocycles. The fraction of sp³-hybridized carbons (Fsp3) is 0.643. The molecule has 0 saturated carbocycles. The monoisotopic (exact) mass is 285 g/mol. The minimum Gasteiger partial charge on any atom is -0.334 e. The van der Waals surface area contributed by atoms with Gasteiger partial charge in [-0.25, -0.2) is 0 Å². The van der Waals surface area contributed by atoms with Crippen molar-refractivity contribution in [2.24, 2.45) is 0 Å². The van der Waals surface area contributed by atoms with Crippen LogP contribution in [0.25, 0.3) is 0 Å². The van der Waals surface area contributed by atoms with E-state index in [1.165, 1.54) is 23.3 Å². The summed E-state index contributed by atoms with van der Waals surface area (Å²) >= 11 is 7.46. The molecule has 2 nitrogen and oxygen atoms in total. The van der Waals surface area contributed by atoms with Gasteiger partial charge in [-0.05, 0) is 51.2 Å². The molecule has 2 rings (SSSR count). The minimum atomic E-state index is 0.144. The van der Waals surface area contributed by atoms with Crippen molar-refractivity contribution in [1.82, 2.24) is 4.90 Å². The molecule has 0 atom stereocenters. The Hall–Kier alpha value is -0.540. The van der Waals surface area contributed by atoms with Gasteiger partial charge in [0.1, 0.15) is 0 Å². The highest BCUT2D eigenvalue weighted by Crippen LogP contribution is 2.30. The number of rotatable bonds is 4. The average molecular weight is 286 g/mol. The molecule has 0 unspecified atom stereocenters. The lowest BCUT2D eigenvalue weighted by atomic mass is 9.99. The summed E-state index contributed by atoms with van der Waals surface area (Å²) in [7, 11) is 0. The van der Waals surface area contributed by atoms with E-state index in [1.54, 1.807) is 11.3 Å². The third-order valence-electron chi connectivity index (χ3n) is 3.42. The lowest BCUT2D eigenvalue weighted by Gasteiger charge is -2.25. The molecule has 0 spiro atoms. The van der Waals surface area contributed by atoms with Crippen molar-refractivity contribution in [2.45, 2.75) is 45.6 Å². The van der Waals surface area contributed by atoms with Gasteiger partial charge in [0, 0.05) is 23.3 Å². The lowest BCUT2D eigenvalue weighted by molar-refractivity contribution is 0.0723. The van der Waals surface area contributed by atoms with Crippen LogP contribution in [0.1, 0.15) is 46.8 Å². The van der Waals surface area contributed by atoms with Gasteiger partial charge in [0.2, 0.25) is 0 Å². The Morgan fingerprint density at radius 2 is 2.17 bits per heavy atom. The molecule has 0 aromatic carbocycles. The summed E-state index contributed by atoms with van der Waals surface area (Å²) in [4.78, 5) is 16.6. The van der Waals surface area contributed by atoms with E-state index in [9.17, 15) is 4.79 Å². The standard InChI is InChI=1S/C14H20ClNOS/c1-10(2)16(8-7-15)14(17)13-9-11-5-3-4-6-12(11)18-13/h9-10H,3-8H2,1-2H3. The van der Waals surface area contributed by atoms with Crippen LogP contribution in [0.3, 0.4) is 0 Å². The minimum absolute atomic E-state index is 0.144. The Bertz CT molecular complexity index is 404. The Morgan fingerprint density at radius 1 is 1.44 bits per heavy atom. The number of halogens is 1. The Balaban J connectivity index is 2.19. The summed E-state index contributed by atoms with van der Waals surface area (Å²) in [5, 5.41) is 0. The van der Waals surface area contributed by atoms with E-state index in [2.05, 4.69) is 6.07 Å². The molecule has 0 aliphatic heterocycles. The second-order valence-electron chi connectivity index (χ2n) is 5.05. The number of fused-ring (bicyclic) bond motifs is 1. The molecular weight excluding hydrogens is 266 g/mol. The quantitative estimate of drug-likeness (QED) is 0.772. The third kappa shape index (κ3) is 2.89. The van der Waals surface area contributed by atoms with Gasteiger partial charge in [0.25, 0.3) is 5.91 Å². The lowest BCUT2D eigenvalue weighted by Crippen LogP contribution is -2.37. The van der Waals surface area contributed by atoms with Crippen molar-refractivity contribution in [3.05, 3.63) is 21.4 Å². The van der Waals surface area contributed by atoms with E-state index in [-0.39, 0.29) is 11.9 Å². The summed E-state index contributed by atoms with van der Waals surface area (Å²) in [6, 6.07) is 2.31. The Morgan fingerprint density at radius 3 is 2.78 bits per heavy atom. The third-order valence-corrected chi connectivity index (χ3v) is 4.81. The number of carbonyl (C=O) groups excluding carboxylic acids is 1. The van der Waals surface area contributed by atoms with Gasteiger partial charge in [-0.2, -0.15) is 0 Å². The van der Waals surface area contributed by atoms with Crippen LogP contribution in [0.2, 0.25) is 0 Å². The number of thiophene rings is 1. The normalized spacial score (nSPS) is 14.7. The Labute approximate surface area is 118 Å². The fourth-order valence-electron chi connectivity index (χ4n) is 2.42. The number of nitrogens with zero attached hydrogens (tertiary/aromatic N) is 1. The predicted octanol–water partition coefficient (Wildman–Crippen LogP) is 3.72. The molecule has 4 heteroatoms. The second kappa shape index (κ2) is 6.07. The van der Waals surface area contributed by atoms with Crippen LogP contribution in [0, 0.1) is 0 Å². The molecule has 1 aliphatic carbocycles. The van der Waals surface area contributed by atoms with E-state index < -0.39 is 0 Å². The zero-order chi connectivity index (χ0) is 13.1. The van der Waals surface area contributed by atoms with E-state index >= 15 is 0 Å². The second-order valence-corrected chi connectivity index (χ2v) is 6.56. The SMILES string of the molecule is CC(C)N(CCCl)C(=O)c1cc2c(s1)CCCC2. The van der Waals surface area contributed by atoms with Crippen molar-refractivity contribution in [1.29, 1.82) is 0 Å². The zero-order valence-electron chi connectivity index (χ0n) is 11.0. The van der Waals surface area contributed by atoms with Crippen LogP contribution in [0.5, 0.6) is 0 Å². The maximum absolute atomic E-state index is 12.5. The number of hydrogen-bond donors (Lipinski definition) is 0. The first-order valence-corrected chi connectivity index (χ1v) is 7.97. The van der Waals surface area contributed by atoms with Crippen molar-refractivity contribution >= 4 is 28.8 Å². The first kappa shape index (κ1) is 13.9. The molecule has 0 fully saturated rings. The molecule has 1 aliphatic rings. The van der Waals surface area contributed by atoms with Crippen molar-refractivity contribution in [3.63, 3.8) is 0 Å². The molecule has 0 radical (unpaired) electrons. The van der Waals surface area contributed by atoms with Crippen LogP contribution in [0.4, 0.5) is 0 Å². The number of amides is 1. The molecule has 0 bridgehead atoms. The summed E-state index contributed by atoms with van der Waals surface area (Å²) < 4.78 is 0. The highest BCUT2D eigenvalue weighted by Gasteiger charge is 2.22. The average Bonchev–Trinajstić information content (AvgIpc) is 2.78. The van der Waals surface area contributed by atoms with Crippen molar-refractivity contribution in [3.8, 4) is 0 Å². The molecule has 1 aromatic rings. The summed E-state index contributed by atoms with van der Waals surface area (Å²) in [6.45, 7) is 4.70. The molecular formula is C14H20ClNOS. The summed E-state index contributed by atoms with van der Waals surface area (Å²) in [6.07, 6.45) is 4.80. The molecule has 0 N–H and O–H groups in total. The van der Waals surface area contributed by atoms with Crippen LogP contribution in [-0.4, -0.2) is 29.3 Å². The van der Waals surface area contributed by atoms with Crippen LogP contribution in [-0.2, 0) is 12.8 Å². The van der Waals surface area contributed by atoms with Crippen LogP contribution < -0.4 is 0 Å². The maximum Gasteiger partial charge on any atom is 0.264 e. The van der Waals surface area contributed by atoms with Crippen molar-refractivity contribution in [2.75, 3.05) is 12.4 Å². The fourth-order valence-corrected chi connectivity index (χ4v) is 3.81. The summed E-state index contributed by atoms with van der Waals surface area (Å²) in [5.41, 5.74) is 1.39. The molecule has 18 heavy (non-hydrogen) atoms. The molecule has 1 aromatic heterocycles. The van der Waals surface area contributed by atoms with Gasteiger partial charge in [-0.15, -0.1) is 22.9 Å². The van der Waals surface area contributed by atoms with Gasteiger partial charge in [-0.1, -0.05) is 0 Å². The predicted molar refractivity (Wildman–Crippen MR) is 77.9 cm³/mol. The van der Waals surface area contributed by atoms with Crippen molar-refractivity contribution < 1.29 is 4.79 Å². The number of hydrogen-bond acceptors (Lipinski definition) is 2. The first-order chi connectivity index (χ1) is 8.63. The Kier molecular flexibility index (Phi) is 4.68. The molecule has 100 valence electrons. The van der Waals surface area contributed by atoms with Crippen LogP contribution >= 0.6 is 22.9 Å². The smallest absolute Gasteiger partial charge is 0.264 e. The highest BCUT2D eigenvalue weighted by molar-refractivity contribution is 7.14. The van der Waals surface area contributed by atoms with Gasteiger partial charge >= 0.3 is 0 Å². The molecule has 1 amide bonds. The highest BCUT2D eigenvalue weighted by atomic mass is 35.5. The van der Waals surface area contributed by atoms with Gasteiger partial charge in [0.05, 0.1) is 4.88 Å². The van der Waals surface area contributed by atoms with E-state index in [1.807, 2.05) is 18.7 Å². The zero-order valence-corrected chi connectivity index (χ0v) is 12.6. The largest absolute Gasteiger partial charge is 0.334 e. The van der Waals surface area contributed by atoms with Gasteiger partial charge in [0.15, 0.2) is 0 Å². The van der Waals surface area contributed by atoms with Gasteiger partial charge in [-0.3, -0.25) is 4.79 Å². The van der Waals surface area contributed by atoms with E-state index in [0.29, 0.717) is 12.4 Å². The first-order valence-electron chi connectivity index (χ1n) is 6.62. The topological polar surface area (TPSA) is 20.3 Å². The number of carbonyl (C=O) groups is 1. The number of aryl methyl sites for hydroxylation is 2. The van der Waals surface area contributed by atoms with E-state index in [4.69, 9.17) is 11.6 Å². The van der Waals surface area contributed by atoms with Crippen LogP contribution in [0.15, 0.2) is 6.07 Å². The summed E-state index contributed by atoms with van der Waals surface area (Å²) in [5.74, 6) is 0.639.